The number of hydrogen-bond donors (Lipinski definition) is 0. The molecule has 0 aliphatic rings. The van der Waals surface area contributed by atoms with Gasteiger partial charge in [0.25, 0.3) is 0 Å². The molecule has 0 fully saturated rings. The molecule has 0 unspecified atom stereocenters. The predicted molar refractivity (Wildman–Crippen MR) is 67.7 cm³/mol. The Kier molecular flexibility index (Phi) is 8.59. The number of rotatable bonds is 9. The zero-order valence-corrected chi connectivity index (χ0v) is 11.6. The van der Waals surface area contributed by atoms with Crippen LogP contribution in [0.25, 0.3) is 0 Å². The molecule has 0 spiro atoms. The monoisotopic (exact) mass is 216 g/mol. The third-order valence-electron chi connectivity index (χ3n) is 3.67. The SMILES string of the molecule is CCCCOCC[Si](CC)(CC)CC. The van der Waals surface area contributed by atoms with Gasteiger partial charge in [0.2, 0.25) is 0 Å². The first-order chi connectivity index (χ1) is 6.74. The molecule has 0 aliphatic heterocycles. The lowest BCUT2D eigenvalue weighted by molar-refractivity contribution is 0.143. The summed E-state index contributed by atoms with van der Waals surface area (Å²) in [6.45, 7) is 11.3. The van der Waals surface area contributed by atoms with Gasteiger partial charge in [0.15, 0.2) is 0 Å². The Morgan fingerprint density at radius 2 is 1.43 bits per heavy atom. The molecule has 0 aromatic rings. The highest BCUT2D eigenvalue weighted by Crippen LogP contribution is 2.24. The fraction of sp³-hybridized carbons (Fsp3) is 1.00. The summed E-state index contributed by atoms with van der Waals surface area (Å²) in [5, 5.41) is 0. The van der Waals surface area contributed by atoms with Gasteiger partial charge in [0, 0.05) is 13.2 Å². The van der Waals surface area contributed by atoms with Crippen molar-refractivity contribution in [2.75, 3.05) is 13.2 Å². The Balaban J connectivity index is 3.61. The molecule has 0 saturated heterocycles. The fourth-order valence-corrected chi connectivity index (χ4v) is 5.06. The van der Waals surface area contributed by atoms with Crippen molar-refractivity contribution in [3.63, 3.8) is 0 Å². The van der Waals surface area contributed by atoms with Crippen molar-refractivity contribution in [1.82, 2.24) is 0 Å². The minimum absolute atomic E-state index is 0.903. The highest BCUT2D eigenvalue weighted by atomic mass is 28.3. The van der Waals surface area contributed by atoms with Gasteiger partial charge >= 0.3 is 0 Å². The van der Waals surface area contributed by atoms with Gasteiger partial charge in [-0.3, -0.25) is 0 Å². The van der Waals surface area contributed by atoms with E-state index in [0.717, 1.165) is 13.2 Å². The van der Waals surface area contributed by atoms with E-state index >= 15 is 0 Å². The lowest BCUT2D eigenvalue weighted by Crippen LogP contribution is -2.32. The van der Waals surface area contributed by atoms with Crippen LogP contribution >= 0.6 is 0 Å². The van der Waals surface area contributed by atoms with Crippen LogP contribution in [0.2, 0.25) is 24.2 Å². The van der Waals surface area contributed by atoms with Gasteiger partial charge in [-0.1, -0.05) is 52.2 Å². The summed E-state index contributed by atoms with van der Waals surface area (Å²) in [6, 6.07) is 5.66. The predicted octanol–water partition coefficient (Wildman–Crippen LogP) is 4.31. The van der Waals surface area contributed by atoms with Crippen molar-refractivity contribution >= 4 is 8.07 Å². The molecule has 0 bridgehead atoms. The van der Waals surface area contributed by atoms with E-state index in [9.17, 15) is 0 Å². The number of ether oxygens (including phenoxy) is 1. The zero-order chi connectivity index (χ0) is 10.9. The van der Waals surface area contributed by atoms with Crippen LogP contribution in [0.1, 0.15) is 40.5 Å². The molecule has 0 aromatic heterocycles. The summed E-state index contributed by atoms with van der Waals surface area (Å²) < 4.78 is 5.67. The molecule has 14 heavy (non-hydrogen) atoms. The van der Waals surface area contributed by atoms with Crippen LogP contribution in [-0.2, 0) is 4.74 Å². The second-order valence-electron chi connectivity index (χ2n) is 4.28. The van der Waals surface area contributed by atoms with E-state index in [1.807, 2.05) is 0 Å². The normalized spacial score (nSPS) is 12.0. The summed E-state index contributed by atoms with van der Waals surface area (Å²) in [4.78, 5) is 0. The van der Waals surface area contributed by atoms with E-state index in [1.54, 1.807) is 0 Å². The molecule has 0 saturated carbocycles. The van der Waals surface area contributed by atoms with Crippen LogP contribution in [0.15, 0.2) is 0 Å². The molecule has 0 N–H and O–H groups in total. The van der Waals surface area contributed by atoms with Crippen LogP contribution in [0.3, 0.4) is 0 Å². The summed E-state index contributed by atoms with van der Waals surface area (Å²) in [6.07, 6.45) is 2.47. The van der Waals surface area contributed by atoms with Crippen molar-refractivity contribution in [3.05, 3.63) is 0 Å². The Morgan fingerprint density at radius 1 is 0.857 bits per heavy atom. The molecule has 0 rings (SSSR count). The lowest BCUT2D eigenvalue weighted by atomic mass is 10.4. The van der Waals surface area contributed by atoms with Gasteiger partial charge in [-0.15, -0.1) is 0 Å². The molecular weight excluding hydrogens is 188 g/mol. The van der Waals surface area contributed by atoms with E-state index in [2.05, 4.69) is 27.7 Å². The smallest absolute Gasteiger partial charge is 0.0550 e. The minimum atomic E-state index is -0.903. The highest BCUT2D eigenvalue weighted by Gasteiger charge is 2.25. The molecule has 0 heterocycles. The van der Waals surface area contributed by atoms with Crippen LogP contribution < -0.4 is 0 Å². The molecule has 86 valence electrons. The summed E-state index contributed by atoms with van der Waals surface area (Å²) in [5.74, 6) is 0. The lowest BCUT2D eigenvalue weighted by Gasteiger charge is -2.27. The molecule has 0 atom stereocenters. The maximum atomic E-state index is 5.67. The Morgan fingerprint density at radius 3 is 1.86 bits per heavy atom. The van der Waals surface area contributed by atoms with Gasteiger partial charge in [0.05, 0.1) is 8.07 Å². The first-order valence-corrected chi connectivity index (χ1v) is 9.15. The van der Waals surface area contributed by atoms with Gasteiger partial charge in [-0.2, -0.15) is 0 Å². The Hall–Kier alpha value is 0.177. The molecule has 1 nitrogen and oxygen atoms in total. The van der Waals surface area contributed by atoms with E-state index in [0.29, 0.717) is 0 Å². The van der Waals surface area contributed by atoms with E-state index in [4.69, 9.17) is 4.74 Å². The zero-order valence-electron chi connectivity index (χ0n) is 10.6. The Bertz CT molecular complexity index is 113. The molecule has 0 amide bonds. The van der Waals surface area contributed by atoms with Crippen LogP contribution in [0.5, 0.6) is 0 Å². The maximum absolute atomic E-state index is 5.67. The first kappa shape index (κ1) is 14.2. The minimum Gasteiger partial charge on any atom is -0.382 e. The average Bonchev–Trinajstić information content (AvgIpc) is 2.24. The molecule has 0 aliphatic carbocycles. The summed E-state index contributed by atoms with van der Waals surface area (Å²) in [5.41, 5.74) is 0. The van der Waals surface area contributed by atoms with Crippen molar-refractivity contribution in [3.8, 4) is 0 Å². The second-order valence-corrected chi connectivity index (χ2v) is 9.90. The van der Waals surface area contributed by atoms with Gasteiger partial charge in [0.1, 0.15) is 0 Å². The van der Waals surface area contributed by atoms with E-state index in [1.165, 1.54) is 37.0 Å². The highest BCUT2D eigenvalue weighted by molar-refractivity contribution is 6.79. The average molecular weight is 216 g/mol. The molecular formula is C12H28OSi. The first-order valence-electron chi connectivity index (χ1n) is 6.32. The summed E-state index contributed by atoms with van der Waals surface area (Å²) >= 11 is 0. The van der Waals surface area contributed by atoms with E-state index < -0.39 is 8.07 Å². The van der Waals surface area contributed by atoms with E-state index in [-0.39, 0.29) is 0 Å². The van der Waals surface area contributed by atoms with Crippen LogP contribution in [-0.4, -0.2) is 21.3 Å². The van der Waals surface area contributed by atoms with Crippen molar-refractivity contribution in [2.24, 2.45) is 0 Å². The van der Waals surface area contributed by atoms with Gasteiger partial charge in [-0.25, -0.2) is 0 Å². The standard InChI is InChI=1S/C12H28OSi/c1-5-9-10-13-11-12-14(6-2,7-3)8-4/h5-12H2,1-4H3. The number of unbranched alkanes of at least 4 members (excludes halogenated alkanes) is 1. The Labute approximate surface area is 91.2 Å². The van der Waals surface area contributed by atoms with Crippen molar-refractivity contribution in [2.45, 2.75) is 64.7 Å². The third kappa shape index (κ3) is 5.16. The van der Waals surface area contributed by atoms with Gasteiger partial charge < -0.3 is 4.74 Å². The van der Waals surface area contributed by atoms with Crippen molar-refractivity contribution in [1.29, 1.82) is 0 Å². The topological polar surface area (TPSA) is 9.23 Å². The third-order valence-corrected chi connectivity index (χ3v) is 9.43. The summed E-state index contributed by atoms with van der Waals surface area (Å²) in [7, 11) is -0.903. The molecule has 0 aromatic carbocycles. The van der Waals surface area contributed by atoms with Crippen LogP contribution in [0.4, 0.5) is 0 Å². The maximum Gasteiger partial charge on any atom is 0.0550 e. The quantitative estimate of drug-likeness (QED) is 0.412. The molecule has 0 radical (unpaired) electrons. The number of hydrogen-bond acceptors (Lipinski definition) is 1. The fourth-order valence-electron chi connectivity index (χ4n) is 1.92. The van der Waals surface area contributed by atoms with Gasteiger partial charge in [-0.05, 0) is 12.5 Å². The molecule has 2 heteroatoms. The second kappa shape index (κ2) is 8.48. The largest absolute Gasteiger partial charge is 0.382 e. The van der Waals surface area contributed by atoms with Crippen LogP contribution in [0, 0.1) is 0 Å². The van der Waals surface area contributed by atoms with Crippen molar-refractivity contribution < 1.29 is 4.74 Å².